The van der Waals surface area contributed by atoms with Crippen LogP contribution in [0, 0.1) is 0 Å². The average Bonchev–Trinajstić information content (AvgIpc) is 3.19. The Kier molecular flexibility index (Phi) is 5.18. The molecule has 5 aromatic carbocycles. The first kappa shape index (κ1) is 22.4. The third-order valence-corrected chi connectivity index (χ3v) is 9.05. The van der Waals surface area contributed by atoms with Crippen molar-refractivity contribution in [3.8, 4) is 22.6 Å². The van der Waals surface area contributed by atoms with E-state index < -0.39 is 5.41 Å². The van der Waals surface area contributed by atoms with Gasteiger partial charge in [0.05, 0.1) is 9.89 Å². The number of hydrogen-bond donors (Lipinski definition) is 0. The van der Waals surface area contributed by atoms with Crippen LogP contribution in [0.4, 0.5) is 0 Å². The van der Waals surface area contributed by atoms with Crippen LogP contribution in [-0.4, -0.2) is 0 Å². The topological polar surface area (TPSA) is 9.23 Å². The number of fused-ring (bicyclic) bond motifs is 9. The van der Waals surface area contributed by atoms with Crippen LogP contribution in [-0.2, 0) is 11.8 Å². The molecule has 0 radical (unpaired) electrons. The molecule has 1 heterocycles. The maximum atomic E-state index is 6.80. The fraction of sp³-hybridized carbons (Fsp3) is 0.0625. The minimum atomic E-state index is -0.471. The first-order valence-corrected chi connectivity index (χ1v) is 13.8. The second kappa shape index (κ2) is 8.34. The largest absolute Gasteiger partial charge is 0.455 e. The van der Waals surface area contributed by atoms with Crippen LogP contribution in [0.15, 0.2) is 112 Å². The lowest BCUT2D eigenvalue weighted by Gasteiger charge is -2.40. The van der Waals surface area contributed by atoms with E-state index >= 15 is 0 Å². The normalized spacial score (nSPS) is 14.0. The fourth-order valence-corrected chi connectivity index (χ4v) is 7.02. The molecule has 1 aliphatic heterocycles. The van der Waals surface area contributed by atoms with Gasteiger partial charge in [-0.3, -0.25) is 0 Å². The van der Waals surface area contributed by atoms with E-state index in [-0.39, 0.29) is 0 Å². The maximum Gasteiger partial charge on any atom is 0.146 e. The van der Waals surface area contributed by atoms with Crippen molar-refractivity contribution in [1.82, 2.24) is 0 Å². The lowest BCUT2D eigenvalue weighted by atomic mass is 9.65. The van der Waals surface area contributed by atoms with E-state index in [0.717, 1.165) is 42.2 Å². The Bertz CT molecular complexity index is 1640. The zero-order chi connectivity index (χ0) is 24.4. The molecule has 0 unspecified atom stereocenters. The summed E-state index contributed by atoms with van der Waals surface area (Å²) >= 11 is 13.9. The highest BCUT2D eigenvalue weighted by atomic mass is 79.9. The summed E-state index contributed by atoms with van der Waals surface area (Å²) in [5.74, 6) is 1.78. The molecule has 7 rings (SSSR count). The summed E-state index contributed by atoms with van der Waals surface area (Å²) in [4.78, 5) is 0. The SMILES string of the molecule is Clc1ccc(Br)c(Cc2cccc3c2Oc2c(Br)cccc2C32c3ccccc3-c3ccccc32)c1. The van der Waals surface area contributed by atoms with Gasteiger partial charge in [-0.05, 0) is 73.6 Å². The van der Waals surface area contributed by atoms with E-state index in [0.29, 0.717) is 6.42 Å². The average molecular weight is 615 g/mol. The molecule has 0 fully saturated rings. The number of rotatable bonds is 2. The zero-order valence-electron chi connectivity index (χ0n) is 19.1. The summed E-state index contributed by atoms with van der Waals surface area (Å²) in [6.45, 7) is 0. The molecule has 5 aromatic rings. The van der Waals surface area contributed by atoms with Gasteiger partial charge in [-0.15, -0.1) is 0 Å². The summed E-state index contributed by atoms with van der Waals surface area (Å²) in [7, 11) is 0. The van der Waals surface area contributed by atoms with E-state index in [1.165, 1.54) is 27.8 Å². The highest BCUT2D eigenvalue weighted by Crippen LogP contribution is 2.63. The molecule has 2 aliphatic rings. The Labute approximate surface area is 232 Å². The quantitative estimate of drug-likeness (QED) is 0.188. The fourth-order valence-electron chi connectivity index (χ4n) is 5.99. The van der Waals surface area contributed by atoms with Gasteiger partial charge in [-0.1, -0.05) is 106 Å². The van der Waals surface area contributed by atoms with Gasteiger partial charge in [0.15, 0.2) is 0 Å². The number of ether oxygens (including phenoxy) is 1. The first-order valence-electron chi connectivity index (χ1n) is 11.8. The molecule has 0 saturated heterocycles. The lowest BCUT2D eigenvalue weighted by molar-refractivity contribution is 0.429. The summed E-state index contributed by atoms with van der Waals surface area (Å²) in [5, 5.41) is 0.724. The minimum absolute atomic E-state index is 0.471. The van der Waals surface area contributed by atoms with E-state index in [1.54, 1.807) is 0 Å². The zero-order valence-corrected chi connectivity index (χ0v) is 23.0. The Balaban J connectivity index is 1.57. The second-order valence-electron chi connectivity index (χ2n) is 9.27. The molecular weight excluding hydrogens is 596 g/mol. The van der Waals surface area contributed by atoms with Crippen molar-refractivity contribution in [2.24, 2.45) is 0 Å². The molecule has 0 saturated carbocycles. The predicted molar refractivity (Wildman–Crippen MR) is 153 cm³/mol. The summed E-state index contributed by atoms with van der Waals surface area (Å²) in [6.07, 6.45) is 0.698. The van der Waals surface area contributed by atoms with Crippen LogP contribution in [0.1, 0.15) is 33.4 Å². The minimum Gasteiger partial charge on any atom is -0.455 e. The van der Waals surface area contributed by atoms with Gasteiger partial charge in [-0.2, -0.15) is 0 Å². The molecule has 36 heavy (non-hydrogen) atoms. The smallest absolute Gasteiger partial charge is 0.146 e. The summed E-state index contributed by atoms with van der Waals surface area (Å²) in [5.41, 5.74) is 9.22. The van der Waals surface area contributed by atoms with Crippen LogP contribution in [0.5, 0.6) is 11.5 Å². The van der Waals surface area contributed by atoms with Crippen molar-refractivity contribution in [3.63, 3.8) is 0 Å². The Hall–Kier alpha value is -2.85. The molecule has 1 spiro atoms. The van der Waals surface area contributed by atoms with Crippen molar-refractivity contribution < 1.29 is 4.74 Å². The van der Waals surface area contributed by atoms with Crippen molar-refractivity contribution in [1.29, 1.82) is 0 Å². The van der Waals surface area contributed by atoms with Gasteiger partial charge in [0.2, 0.25) is 0 Å². The number of benzene rings is 5. The molecule has 0 atom stereocenters. The van der Waals surface area contributed by atoms with Crippen LogP contribution < -0.4 is 4.74 Å². The van der Waals surface area contributed by atoms with E-state index in [1.807, 2.05) is 18.2 Å². The van der Waals surface area contributed by atoms with Crippen molar-refractivity contribution in [3.05, 3.63) is 150 Å². The van der Waals surface area contributed by atoms with Gasteiger partial charge < -0.3 is 4.74 Å². The Morgan fingerprint density at radius 1 is 0.583 bits per heavy atom. The molecular formula is C32H19Br2ClO. The van der Waals surface area contributed by atoms with Gasteiger partial charge in [-0.25, -0.2) is 0 Å². The van der Waals surface area contributed by atoms with Gasteiger partial charge in [0.25, 0.3) is 0 Å². The Morgan fingerprint density at radius 2 is 1.19 bits per heavy atom. The van der Waals surface area contributed by atoms with Crippen LogP contribution in [0.3, 0.4) is 0 Å². The predicted octanol–water partition coefficient (Wildman–Crippen LogP) is 9.92. The van der Waals surface area contributed by atoms with E-state index in [4.69, 9.17) is 16.3 Å². The highest BCUT2D eigenvalue weighted by Gasteiger charge is 2.51. The van der Waals surface area contributed by atoms with Crippen LogP contribution in [0.2, 0.25) is 5.02 Å². The van der Waals surface area contributed by atoms with Gasteiger partial charge in [0.1, 0.15) is 11.5 Å². The summed E-state index contributed by atoms with van der Waals surface area (Å²) < 4.78 is 8.79. The standard InChI is InChI=1S/C32H19Br2ClO/c33-28-16-15-21(35)18-20(28)17-19-7-5-12-26-30(19)36-31-27(13-6-14-29(31)34)32(26)24-10-3-1-8-22(24)23-9-2-4-11-25(23)32/h1-16,18H,17H2. The molecule has 4 heteroatoms. The number of hydrogen-bond acceptors (Lipinski definition) is 1. The Morgan fingerprint density at radius 3 is 1.92 bits per heavy atom. The van der Waals surface area contributed by atoms with Crippen LogP contribution >= 0.6 is 43.5 Å². The molecule has 0 N–H and O–H groups in total. The number of para-hydroxylation sites is 2. The van der Waals surface area contributed by atoms with Crippen molar-refractivity contribution >= 4 is 43.5 Å². The highest BCUT2D eigenvalue weighted by molar-refractivity contribution is 9.10. The third kappa shape index (κ3) is 3.06. The van der Waals surface area contributed by atoms with E-state index in [9.17, 15) is 0 Å². The molecule has 0 aromatic heterocycles. The monoisotopic (exact) mass is 612 g/mol. The van der Waals surface area contributed by atoms with Crippen molar-refractivity contribution in [2.45, 2.75) is 11.8 Å². The third-order valence-electron chi connectivity index (χ3n) is 7.42. The molecule has 0 amide bonds. The molecule has 1 nitrogen and oxygen atoms in total. The van der Waals surface area contributed by atoms with E-state index in [2.05, 4.69) is 117 Å². The molecule has 174 valence electrons. The lowest BCUT2D eigenvalue weighted by Crippen LogP contribution is -2.32. The summed E-state index contributed by atoms with van der Waals surface area (Å²) in [6, 6.07) is 36.4. The molecule has 0 bridgehead atoms. The van der Waals surface area contributed by atoms with Crippen molar-refractivity contribution in [2.75, 3.05) is 0 Å². The van der Waals surface area contributed by atoms with Gasteiger partial charge >= 0.3 is 0 Å². The second-order valence-corrected chi connectivity index (χ2v) is 11.4. The first-order chi connectivity index (χ1) is 17.6. The maximum absolute atomic E-state index is 6.80. The van der Waals surface area contributed by atoms with Gasteiger partial charge in [0, 0.05) is 27.0 Å². The molecule has 1 aliphatic carbocycles. The number of halogens is 3. The van der Waals surface area contributed by atoms with Crippen LogP contribution in [0.25, 0.3) is 11.1 Å².